The van der Waals surface area contributed by atoms with Crippen LogP contribution >= 0.6 is 0 Å². The third-order valence-corrected chi connectivity index (χ3v) is 4.54. The van der Waals surface area contributed by atoms with Crippen molar-refractivity contribution >= 4 is 11.6 Å². The molecule has 3 rings (SSSR count). The van der Waals surface area contributed by atoms with E-state index in [2.05, 4.69) is 43.1 Å². The number of rotatable bonds is 2. The normalized spacial score (nSPS) is 21.6. The van der Waals surface area contributed by atoms with Crippen molar-refractivity contribution in [1.29, 1.82) is 0 Å². The second-order valence-electron chi connectivity index (χ2n) is 5.96. The molecular weight excluding hydrogens is 212 g/mol. The fourth-order valence-electron chi connectivity index (χ4n) is 2.58. The summed E-state index contributed by atoms with van der Waals surface area (Å²) >= 11 is 0. The van der Waals surface area contributed by atoms with Crippen molar-refractivity contribution in [3.8, 4) is 0 Å². The maximum Gasteiger partial charge on any atom is 0.243 e. The highest BCUT2D eigenvalue weighted by atomic mass is 15.4. The summed E-state index contributed by atoms with van der Waals surface area (Å²) in [6.07, 6.45) is 1.91. The number of anilines is 1. The maximum atomic E-state index is 4.46. The zero-order chi connectivity index (χ0) is 12.3. The zero-order valence-electron chi connectivity index (χ0n) is 10.7. The van der Waals surface area contributed by atoms with Gasteiger partial charge in [-0.3, -0.25) is 0 Å². The number of nitrogens with one attached hydrogen (secondary N) is 1. The predicted molar refractivity (Wildman–Crippen MR) is 68.0 cm³/mol. The van der Waals surface area contributed by atoms with E-state index in [0.717, 1.165) is 11.6 Å². The topological polar surface area (TPSA) is 42.2 Å². The average molecular weight is 230 g/mol. The Hall–Kier alpha value is -1.58. The van der Waals surface area contributed by atoms with Gasteiger partial charge in [-0.05, 0) is 23.0 Å². The van der Waals surface area contributed by atoms with E-state index in [1.807, 2.05) is 24.4 Å². The van der Waals surface area contributed by atoms with Crippen molar-refractivity contribution < 1.29 is 0 Å². The van der Waals surface area contributed by atoms with Gasteiger partial charge in [-0.1, -0.05) is 33.8 Å². The second-order valence-corrected chi connectivity index (χ2v) is 5.96. The SMILES string of the molecule is CC1(C)C(Nc2nc3ccccn3n2)C1(C)C. The summed E-state index contributed by atoms with van der Waals surface area (Å²) in [5, 5.41) is 7.86. The molecule has 17 heavy (non-hydrogen) atoms. The van der Waals surface area contributed by atoms with Gasteiger partial charge in [0.2, 0.25) is 5.95 Å². The van der Waals surface area contributed by atoms with Gasteiger partial charge in [-0.2, -0.15) is 4.98 Å². The van der Waals surface area contributed by atoms with E-state index in [1.54, 1.807) is 4.52 Å². The van der Waals surface area contributed by atoms with E-state index in [0.29, 0.717) is 16.9 Å². The molecule has 1 aliphatic rings. The summed E-state index contributed by atoms with van der Waals surface area (Å²) < 4.78 is 1.80. The van der Waals surface area contributed by atoms with E-state index in [4.69, 9.17) is 0 Å². The number of nitrogens with zero attached hydrogens (tertiary/aromatic N) is 3. The standard InChI is InChI=1S/C13H18N4/c1-12(2)10(13(12,3)4)15-11-14-9-7-5-6-8-17(9)16-11/h5-8,10H,1-4H3,(H,15,16). The molecule has 0 spiro atoms. The fraction of sp³-hybridized carbons (Fsp3) is 0.538. The monoisotopic (exact) mass is 230 g/mol. The number of aromatic nitrogens is 3. The molecular formula is C13H18N4. The molecule has 1 fully saturated rings. The average Bonchev–Trinajstić information content (AvgIpc) is 2.65. The molecule has 0 aliphatic heterocycles. The number of hydrogen-bond acceptors (Lipinski definition) is 3. The third kappa shape index (κ3) is 1.36. The molecule has 0 aromatic carbocycles. The van der Waals surface area contributed by atoms with Crippen LogP contribution in [0.25, 0.3) is 5.65 Å². The van der Waals surface area contributed by atoms with Gasteiger partial charge in [0.15, 0.2) is 5.65 Å². The molecule has 4 nitrogen and oxygen atoms in total. The van der Waals surface area contributed by atoms with Crippen LogP contribution in [0, 0.1) is 10.8 Å². The Balaban J connectivity index is 1.87. The molecule has 2 aromatic rings. The van der Waals surface area contributed by atoms with Crippen molar-refractivity contribution in [2.24, 2.45) is 10.8 Å². The van der Waals surface area contributed by atoms with Crippen LogP contribution in [0.2, 0.25) is 0 Å². The van der Waals surface area contributed by atoms with Gasteiger partial charge in [-0.15, -0.1) is 5.10 Å². The lowest BCUT2D eigenvalue weighted by molar-refractivity contribution is 0.457. The summed E-state index contributed by atoms with van der Waals surface area (Å²) in [6.45, 7) is 9.11. The van der Waals surface area contributed by atoms with Crippen molar-refractivity contribution in [2.45, 2.75) is 33.7 Å². The molecule has 0 amide bonds. The molecule has 1 saturated carbocycles. The summed E-state index contributed by atoms with van der Waals surface area (Å²) in [6, 6.07) is 6.32. The molecule has 1 aliphatic carbocycles. The van der Waals surface area contributed by atoms with Crippen LogP contribution in [-0.2, 0) is 0 Å². The molecule has 90 valence electrons. The highest BCUT2D eigenvalue weighted by molar-refractivity contribution is 5.45. The highest BCUT2D eigenvalue weighted by Crippen LogP contribution is 2.63. The maximum absolute atomic E-state index is 4.46. The van der Waals surface area contributed by atoms with Crippen LogP contribution in [0.4, 0.5) is 5.95 Å². The van der Waals surface area contributed by atoms with E-state index in [1.165, 1.54) is 0 Å². The highest BCUT2D eigenvalue weighted by Gasteiger charge is 2.65. The van der Waals surface area contributed by atoms with Crippen LogP contribution in [-0.4, -0.2) is 20.6 Å². The number of pyridine rings is 1. The fourth-order valence-corrected chi connectivity index (χ4v) is 2.58. The van der Waals surface area contributed by atoms with Gasteiger partial charge in [0.25, 0.3) is 0 Å². The predicted octanol–water partition coefficient (Wildman–Crippen LogP) is 2.58. The molecule has 2 aromatic heterocycles. The van der Waals surface area contributed by atoms with Crippen LogP contribution < -0.4 is 5.32 Å². The lowest BCUT2D eigenvalue weighted by atomic mass is 10.0. The van der Waals surface area contributed by atoms with Gasteiger partial charge in [0.05, 0.1) is 0 Å². The second kappa shape index (κ2) is 3.00. The van der Waals surface area contributed by atoms with Crippen molar-refractivity contribution in [2.75, 3.05) is 5.32 Å². The van der Waals surface area contributed by atoms with Crippen molar-refractivity contribution in [1.82, 2.24) is 14.6 Å². The summed E-state index contributed by atoms with van der Waals surface area (Å²) in [7, 11) is 0. The van der Waals surface area contributed by atoms with Gasteiger partial charge in [0.1, 0.15) is 0 Å². The Bertz CT molecular complexity index is 521. The Kier molecular flexibility index (Phi) is 1.86. The molecule has 0 bridgehead atoms. The first kappa shape index (κ1) is 10.6. The van der Waals surface area contributed by atoms with Gasteiger partial charge >= 0.3 is 0 Å². The van der Waals surface area contributed by atoms with Gasteiger partial charge in [-0.25, -0.2) is 4.52 Å². The minimum atomic E-state index is 0.296. The summed E-state index contributed by atoms with van der Waals surface area (Å²) in [5.74, 6) is 0.722. The van der Waals surface area contributed by atoms with E-state index < -0.39 is 0 Å². The Labute approximate surface area is 101 Å². The van der Waals surface area contributed by atoms with Crippen LogP contribution in [0.5, 0.6) is 0 Å². The zero-order valence-corrected chi connectivity index (χ0v) is 10.7. The minimum absolute atomic E-state index is 0.296. The molecule has 4 heteroatoms. The minimum Gasteiger partial charge on any atom is -0.349 e. The van der Waals surface area contributed by atoms with E-state index >= 15 is 0 Å². The Morgan fingerprint density at radius 1 is 1.18 bits per heavy atom. The third-order valence-electron chi connectivity index (χ3n) is 4.54. The van der Waals surface area contributed by atoms with Crippen LogP contribution in [0.15, 0.2) is 24.4 Å². The first-order valence-corrected chi connectivity index (χ1v) is 6.01. The molecule has 0 atom stereocenters. The van der Waals surface area contributed by atoms with Crippen LogP contribution in [0.1, 0.15) is 27.7 Å². The Morgan fingerprint density at radius 2 is 1.88 bits per heavy atom. The van der Waals surface area contributed by atoms with E-state index in [9.17, 15) is 0 Å². The molecule has 2 heterocycles. The van der Waals surface area contributed by atoms with Gasteiger partial charge in [0, 0.05) is 12.2 Å². The Morgan fingerprint density at radius 3 is 2.47 bits per heavy atom. The van der Waals surface area contributed by atoms with Crippen molar-refractivity contribution in [3.05, 3.63) is 24.4 Å². The summed E-state index contributed by atoms with van der Waals surface area (Å²) in [4.78, 5) is 4.46. The summed E-state index contributed by atoms with van der Waals surface area (Å²) in [5.41, 5.74) is 1.47. The van der Waals surface area contributed by atoms with Gasteiger partial charge < -0.3 is 5.32 Å². The molecule has 0 radical (unpaired) electrons. The first-order chi connectivity index (χ1) is 7.93. The lowest BCUT2D eigenvalue weighted by Crippen LogP contribution is -2.11. The first-order valence-electron chi connectivity index (χ1n) is 6.01. The quantitative estimate of drug-likeness (QED) is 0.862. The van der Waals surface area contributed by atoms with Crippen molar-refractivity contribution in [3.63, 3.8) is 0 Å². The number of fused-ring (bicyclic) bond motifs is 1. The van der Waals surface area contributed by atoms with Crippen LogP contribution in [0.3, 0.4) is 0 Å². The lowest BCUT2D eigenvalue weighted by Gasteiger charge is -2.02. The molecule has 0 unspecified atom stereocenters. The number of hydrogen-bond donors (Lipinski definition) is 1. The smallest absolute Gasteiger partial charge is 0.243 e. The van der Waals surface area contributed by atoms with E-state index in [-0.39, 0.29) is 0 Å². The molecule has 1 N–H and O–H groups in total. The largest absolute Gasteiger partial charge is 0.349 e. The molecule has 0 saturated heterocycles.